The SMILES string of the molecule is CCCC(N)=NN=NN=C(N)CCC.Cl.Cl.Cl.Cl. The lowest BCUT2D eigenvalue weighted by molar-refractivity contribution is 0.903. The lowest BCUT2D eigenvalue weighted by atomic mass is 10.3. The average Bonchev–Trinajstić information content (AvgIpc) is 2.13. The van der Waals surface area contributed by atoms with E-state index in [1.165, 1.54) is 0 Å². The first-order chi connectivity index (χ1) is 6.70. The van der Waals surface area contributed by atoms with Crippen LogP contribution in [-0.2, 0) is 0 Å². The Morgan fingerprint density at radius 1 is 0.722 bits per heavy atom. The van der Waals surface area contributed by atoms with Crippen LogP contribution in [0.25, 0.3) is 0 Å². The number of halogens is 4. The highest BCUT2D eigenvalue weighted by molar-refractivity contribution is 5.86. The van der Waals surface area contributed by atoms with Crippen molar-refractivity contribution in [2.24, 2.45) is 32.1 Å². The molecule has 0 aliphatic heterocycles. The van der Waals surface area contributed by atoms with Gasteiger partial charge >= 0.3 is 0 Å². The van der Waals surface area contributed by atoms with Crippen LogP contribution >= 0.6 is 49.6 Å². The first kappa shape index (κ1) is 30.6. The third kappa shape index (κ3) is 21.0. The van der Waals surface area contributed by atoms with E-state index in [4.69, 9.17) is 11.5 Å². The zero-order chi connectivity index (χ0) is 10.8. The van der Waals surface area contributed by atoms with Gasteiger partial charge in [0, 0.05) is 12.8 Å². The van der Waals surface area contributed by atoms with E-state index in [0.717, 1.165) is 12.8 Å². The first-order valence-electron chi connectivity index (χ1n) is 4.75. The first-order valence-corrected chi connectivity index (χ1v) is 4.75. The molecule has 0 rings (SSSR count). The number of amidine groups is 2. The fourth-order valence-corrected chi connectivity index (χ4v) is 0.767. The maximum absolute atomic E-state index is 5.48. The minimum Gasteiger partial charge on any atom is -0.386 e. The molecule has 0 aromatic rings. The van der Waals surface area contributed by atoms with Gasteiger partial charge in [0.15, 0.2) is 0 Å². The third-order valence-corrected chi connectivity index (χ3v) is 1.40. The van der Waals surface area contributed by atoms with Crippen molar-refractivity contribution in [1.82, 2.24) is 0 Å². The third-order valence-electron chi connectivity index (χ3n) is 1.40. The van der Waals surface area contributed by atoms with E-state index in [9.17, 15) is 0 Å². The molecular formula is C8H22Cl4N6. The molecule has 0 heterocycles. The smallest absolute Gasteiger partial charge is 0.124 e. The number of nitrogens with two attached hydrogens (primary N) is 2. The molecule has 0 amide bonds. The van der Waals surface area contributed by atoms with Crippen molar-refractivity contribution in [2.75, 3.05) is 0 Å². The maximum Gasteiger partial charge on any atom is 0.124 e. The van der Waals surface area contributed by atoms with Gasteiger partial charge in [-0.25, -0.2) is 0 Å². The number of hydrogen-bond acceptors (Lipinski definition) is 2. The van der Waals surface area contributed by atoms with Crippen LogP contribution in [0.1, 0.15) is 39.5 Å². The van der Waals surface area contributed by atoms with Crippen molar-refractivity contribution in [1.29, 1.82) is 0 Å². The zero-order valence-electron chi connectivity index (χ0n) is 10.4. The second-order valence-electron chi connectivity index (χ2n) is 2.86. The summed E-state index contributed by atoms with van der Waals surface area (Å²) in [6.45, 7) is 4.02. The van der Waals surface area contributed by atoms with Crippen LogP contribution in [0.5, 0.6) is 0 Å². The summed E-state index contributed by atoms with van der Waals surface area (Å²) < 4.78 is 0. The van der Waals surface area contributed by atoms with Crippen LogP contribution in [0, 0.1) is 0 Å². The summed E-state index contributed by atoms with van der Waals surface area (Å²) in [4.78, 5) is 0. The van der Waals surface area contributed by atoms with Crippen LogP contribution < -0.4 is 11.5 Å². The van der Waals surface area contributed by atoms with E-state index in [-0.39, 0.29) is 49.6 Å². The van der Waals surface area contributed by atoms with E-state index in [2.05, 4.69) is 20.6 Å². The molecule has 0 radical (unpaired) electrons. The maximum atomic E-state index is 5.48. The van der Waals surface area contributed by atoms with Gasteiger partial charge in [-0.1, -0.05) is 13.8 Å². The summed E-state index contributed by atoms with van der Waals surface area (Å²) >= 11 is 0. The zero-order valence-corrected chi connectivity index (χ0v) is 13.7. The Kier molecular flexibility index (Phi) is 37.3. The highest BCUT2D eigenvalue weighted by atomic mass is 35.5. The van der Waals surface area contributed by atoms with Crippen molar-refractivity contribution in [3.8, 4) is 0 Å². The van der Waals surface area contributed by atoms with Gasteiger partial charge in [-0.3, -0.25) is 0 Å². The molecule has 0 aliphatic rings. The van der Waals surface area contributed by atoms with Crippen molar-refractivity contribution in [2.45, 2.75) is 39.5 Å². The standard InChI is InChI=1S/C8H18N6.4ClH/c1-3-5-7(9)11-13-14-12-8(10)6-4-2;;;;/h3-6H2,1-2H3,(H2,9,11,14)(H2,10,12,13);4*1H. The van der Waals surface area contributed by atoms with Gasteiger partial charge in [-0.15, -0.1) is 59.8 Å². The Labute approximate surface area is 133 Å². The Bertz CT molecular complexity index is 220. The number of nitrogens with zero attached hydrogens (tertiary/aromatic N) is 4. The van der Waals surface area contributed by atoms with Crippen LogP contribution in [-0.4, -0.2) is 11.7 Å². The van der Waals surface area contributed by atoms with E-state index in [1.807, 2.05) is 13.8 Å². The Hall–Kier alpha value is -0.300. The summed E-state index contributed by atoms with van der Waals surface area (Å²) in [5.41, 5.74) is 11.0. The quantitative estimate of drug-likeness (QED) is 0.334. The van der Waals surface area contributed by atoms with Gasteiger partial charge in [0.1, 0.15) is 11.7 Å². The van der Waals surface area contributed by atoms with Crippen molar-refractivity contribution in [3.05, 3.63) is 0 Å². The lowest BCUT2D eigenvalue weighted by Gasteiger charge is -1.91. The Morgan fingerprint density at radius 2 is 1.00 bits per heavy atom. The molecule has 0 saturated carbocycles. The summed E-state index contributed by atoms with van der Waals surface area (Å²) in [7, 11) is 0. The molecule has 0 saturated heterocycles. The van der Waals surface area contributed by atoms with E-state index < -0.39 is 0 Å². The number of rotatable bonds is 6. The Balaban J connectivity index is -0.000000141. The fraction of sp³-hybridized carbons (Fsp3) is 0.750. The molecule has 0 atom stereocenters. The van der Waals surface area contributed by atoms with Crippen molar-refractivity contribution >= 4 is 61.3 Å². The van der Waals surface area contributed by atoms with Crippen molar-refractivity contribution < 1.29 is 0 Å². The van der Waals surface area contributed by atoms with Crippen LogP contribution in [0.4, 0.5) is 0 Å². The minimum atomic E-state index is 0. The summed E-state index contributed by atoms with van der Waals surface area (Å²) in [6, 6.07) is 0. The molecule has 0 aromatic heterocycles. The van der Waals surface area contributed by atoms with Gasteiger partial charge in [-0.05, 0) is 23.3 Å². The van der Waals surface area contributed by atoms with E-state index in [0.29, 0.717) is 24.5 Å². The molecule has 0 unspecified atom stereocenters. The minimum absolute atomic E-state index is 0. The van der Waals surface area contributed by atoms with Gasteiger partial charge < -0.3 is 11.5 Å². The monoisotopic (exact) mass is 342 g/mol. The van der Waals surface area contributed by atoms with Crippen molar-refractivity contribution in [3.63, 3.8) is 0 Å². The highest BCUT2D eigenvalue weighted by Gasteiger charge is 1.88. The second kappa shape index (κ2) is 21.9. The molecule has 0 spiro atoms. The molecule has 4 N–H and O–H groups in total. The van der Waals surface area contributed by atoms with Gasteiger partial charge in [0.2, 0.25) is 0 Å². The normalized spacial score (nSPS) is 10.8. The lowest BCUT2D eigenvalue weighted by Crippen LogP contribution is -2.10. The predicted molar refractivity (Wildman–Crippen MR) is 86.9 cm³/mol. The molecule has 0 aliphatic carbocycles. The average molecular weight is 344 g/mol. The largest absolute Gasteiger partial charge is 0.386 e. The molecule has 0 aromatic carbocycles. The molecule has 18 heavy (non-hydrogen) atoms. The molecule has 0 bridgehead atoms. The van der Waals surface area contributed by atoms with Crippen LogP contribution in [0.2, 0.25) is 0 Å². The van der Waals surface area contributed by atoms with Crippen LogP contribution in [0.15, 0.2) is 20.6 Å². The molecule has 6 nitrogen and oxygen atoms in total. The second-order valence-corrected chi connectivity index (χ2v) is 2.86. The Morgan fingerprint density at radius 3 is 1.22 bits per heavy atom. The predicted octanol–water partition coefficient (Wildman–Crippen LogP) is 3.27. The topological polar surface area (TPSA) is 101 Å². The molecule has 10 heteroatoms. The molecule has 112 valence electrons. The van der Waals surface area contributed by atoms with Crippen LogP contribution in [0.3, 0.4) is 0 Å². The van der Waals surface area contributed by atoms with E-state index in [1.54, 1.807) is 0 Å². The van der Waals surface area contributed by atoms with Gasteiger partial charge in [0.25, 0.3) is 0 Å². The van der Waals surface area contributed by atoms with Gasteiger partial charge in [0.05, 0.1) is 0 Å². The summed E-state index contributed by atoms with van der Waals surface area (Å²) in [6.07, 6.45) is 3.30. The van der Waals surface area contributed by atoms with Gasteiger partial charge in [-0.2, -0.15) is 0 Å². The summed E-state index contributed by atoms with van der Waals surface area (Å²) in [5.74, 6) is 0.918. The van der Waals surface area contributed by atoms with E-state index >= 15 is 0 Å². The number of hydrogen-bond donors (Lipinski definition) is 2. The summed E-state index contributed by atoms with van der Waals surface area (Å²) in [5, 5.41) is 14.1. The fourth-order valence-electron chi connectivity index (χ4n) is 0.767. The highest BCUT2D eigenvalue weighted by Crippen LogP contribution is 1.90. The molecular weight excluding hydrogens is 322 g/mol. The molecule has 0 fully saturated rings.